The van der Waals surface area contributed by atoms with Gasteiger partial charge in [0.25, 0.3) is 0 Å². The summed E-state index contributed by atoms with van der Waals surface area (Å²) in [5, 5.41) is 0. The highest BCUT2D eigenvalue weighted by Crippen LogP contribution is 2.23. The number of carbonyl (C=O) groups is 3. The molecule has 0 fully saturated rings. The molecule has 0 aliphatic heterocycles. The number of unbranched alkanes of at least 4 members (excludes halogenated alkanes) is 1. The number of esters is 2. The topological polar surface area (TPSA) is 78.9 Å². The molecule has 0 aromatic heterocycles. The number of carbonyl (C=O) groups excluding carboxylic acids is 3. The second-order valence-electron chi connectivity index (χ2n) is 6.63. The molecule has 1 aromatic rings. The van der Waals surface area contributed by atoms with Crippen LogP contribution in [-0.4, -0.2) is 37.5 Å². The lowest BCUT2D eigenvalue weighted by Gasteiger charge is -2.27. The average molecular weight is 378 g/mol. The molecule has 0 N–H and O–H groups in total. The zero-order valence-electron chi connectivity index (χ0n) is 16.6. The Balaban J connectivity index is 2.65. The molecule has 0 spiro atoms. The lowest BCUT2D eigenvalue weighted by atomic mass is 9.88. The first kappa shape index (κ1) is 22.8. The molecule has 0 heterocycles. The van der Waals surface area contributed by atoms with Crippen LogP contribution in [0.2, 0.25) is 0 Å². The molecule has 6 heteroatoms. The van der Waals surface area contributed by atoms with E-state index in [0.717, 1.165) is 5.56 Å². The summed E-state index contributed by atoms with van der Waals surface area (Å²) in [5.41, 5.74) is 0.973. The summed E-state index contributed by atoms with van der Waals surface area (Å²) in [5.74, 6) is -1.71. The molecular formula is C21H30O6. The van der Waals surface area contributed by atoms with Crippen molar-refractivity contribution >= 4 is 17.7 Å². The second kappa shape index (κ2) is 12.2. The minimum absolute atomic E-state index is 0.0200. The van der Waals surface area contributed by atoms with Gasteiger partial charge in [0.1, 0.15) is 5.78 Å². The van der Waals surface area contributed by atoms with Gasteiger partial charge in [-0.2, -0.15) is 0 Å². The van der Waals surface area contributed by atoms with E-state index in [-0.39, 0.29) is 11.8 Å². The highest BCUT2D eigenvalue weighted by molar-refractivity contribution is 5.82. The van der Waals surface area contributed by atoms with Crippen LogP contribution in [0.4, 0.5) is 0 Å². The fourth-order valence-electron chi connectivity index (χ4n) is 2.84. The van der Waals surface area contributed by atoms with Gasteiger partial charge >= 0.3 is 11.9 Å². The summed E-state index contributed by atoms with van der Waals surface area (Å²) in [6, 6.07) is 9.60. The number of hydrogen-bond acceptors (Lipinski definition) is 6. The van der Waals surface area contributed by atoms with E-state index in [9.17, 15) is 14.4 Å². The molecule has 0 amide bonds. The van der Waals surface area contributed by atoms with Crippen LogP contribution in [0.5, 0.6) is 0 Å². The smallest absolute Gasteiger partial charge is 0.311 e. The predicted molar refractivity (Wildman–Crippen MR) is 101 cm³/mol. The highest BCUT2D eigenvalue weighted by Gasteiger charge is 2.33. The Morgan fingerprint density at radius 2 is 1.67 bits per heavy atom. The summed E-state index contributed by atoms with van der Waals surface area (Å²) < 4.78 is 15.7. The largest absolute Gasteiger partial charge is 0.469 e. The zero-order valence-corrected chi connectivity index (χ0v) is 16.6. The van der Waals surface area contributed by atoms with Crippen molar-refractivity contribution in [1.29, 1.82) is 0 Å². The van der Waals surface area contributed by atoms with E-state index in [1.807, 2.05) is 30.3 Å². The third kappa shape index (κ3) is 8.35. The van der Waals surface area contributed by atoms with Gasteiger partial charge in [-0.15, -0.1) is 0 Å². The molecule has 27 heavy (non-hydrogen) atoms. The molecular weight excluding hydrogens is 348 g/mol. The summed E-state index contributed by atoms with van der Waals surface area (Å²) in [6.07, 6.45) is 1.02. The van der Waals surface area contributed by atoms with E-state index in [4.69, 9.17) is 14.2 Å². The van der Waals surface area contributed by atoms with Crippen molar-refractivity contribution in [1.82, 2.24) is 0 Å². The minimum atomic E-state index is -0.571. The maximum absolute atomic E-state index is 12.6. The number of rotatable bonds is 12. The summed E-state index contributed by atoms with van der Waals surface area (Å²) in [7, 11) is 1.33. The van der Waals surface area contributed by atoms with Crippen LogP contribution in [0, 0.1) is 11.8 Å². The van der Waals surface area contributed by atoms with Crippen LogP contribution in [0.1, 0.15) is 45.6 Å². The van der Waals surface area contributed by atoms with Gasteiger partial charge in [-0.05, 0) is 25.3 Å². The Morgan fingerprint density at radius 1 is 1.00 bits per heavy atom. The Hall–Kier alpha value is -2.21. The Morgan fingerprint density at radius 3 is 2.26 bits per heavy atom. The summed E-state index contributed by atoms with van der Waals surface area (Å²) in [4.78, 5) is 35.3. The molecule has 0 unspecified atom stereocenters. The van der Waals surface area contributed by atoms with E-state index in [1.54, 1.807) is 13.8 Å². The van der Waals surface area contributed by atoms with E-state index in [1.165, 1.54) is 14.0 Å². The summed E-state index contributed by atoms with van der Waals surface area (Å²) >= 11 is 0. The van der Waals surface area contributed by atoms with Gasteiger partial charge in [0, 0.05) is 19.3 Å². The highest BCUT2D eigenvalue weighted by atomic mass is 16.5. The van der Waals surface area contributed by atoms with Crippen LogP contribution in [-0.2, 0) is 35.2 Å². The molecule has 150 valence electrons. The number of hydrogen-bond donors (Lipinski definition) is 0. The molecule has 3 atom stereocenters. The monoisotopic (exact) mass is 378 g/mol. The van der Waals surface area contributed by atoms with E-state index >= 15 is 0 Å². The molecule has 0 aliphatic carbocycles. The first-order valence-corrected chi connectivity index (χ1v) is 9.26. The molecule has 0 saturated carbocycles. The summed E-state index contributed by atoms with van der Waals surface area (Å²) in [6.45, 7) is 5.48. The van der Waals surface area contributed by atoms with Gasteiger partial charge in [0.05, 0.1) is 32.3 Å². The minimum Gasteiger partial charge on any atom is -0.469 e. The van der Waals surface area contributed by atoms with Gasteiger partial charge in [-0.1, -0.05) is 37.3 Å². The molecule has 6 nitrogen and oxygen atoms in total. The van der Waals surface area contributed by atoms with Gasteiger partial charge in [-0.3, -0.25) is 14.4 Å². The first-order chi connectivity index (χ1) is 12.9. The quantitative estimate of drug-likeness (QED) is 0.410. The molecule has 0 bridgehead atoms. The molecule has 0 aliphatic rings. The fraction of sp³-hybridized carbons (Fsp3) is 0.571. The predicted octanol–water partition coefficient (Wildman–Crippen LogP) is 3.32. The Kier molecular flexibility index (Phi) is 10.3. The number of ketones is 1. The molecule has 1 rings (SSSR count). The van der Waals surface area contributed by atoms with Crippen LogP contribution in [0.25, 0.3) is 0 Å². The van der Waals surface area contributed by atoms with Gasteiger partial charge in [0.15, 0.2) is 0 Å². The lowest BCUT2D eigenvalue weighted by molar-refractivity contribution is -0.154. The van der Waals surface area contributed by atoms with Crippen molar-refractivity contribution in [2.24, 2.45) is 11.8 Å². The van der Waals surface area contributed by atoms with Crippen molar-refractivity contribution in [3.63, 3.8) is 0 Å². The number of ether oxygens (including phenoxy) is 3. The molecule has 1 aromatic carbocycles. The fourth-order valence-corrected chi connectivity index (χ4v) is 2.84. The number of benzene rings is 1. The van der Waals surface area contributed by atoms with Crippen LogP contribution in [0.15, 0.2) is 30.3 Å². The average Bonchev–Trinajstić information content (AvgIpc) is 2.67. The van der Waals surface area contributed by atoms with E-state index < -0.39 is 23.9 Å². The maximum atomic E-state index is 12.6. The van der Waals surface area contributed by atoms with E-state index in [2.05, 4.69) is 0 Å². The zero-order chi connectivity index (χ0) is 20.2. The van der Waals surface area contributed by atoms with Crippen LogP contribution >= 0.6 is 0 Å². The van der Waals surface area contributed by atoms with E-state index in [0.29, 0.717) is 32.5 Å². The Labute approximate surface area is 161 Å². The number of Topliss-reactive ketones (excluding diaryl/α,β-unsaturated/α-hetero) is 1. The van der Waals surface area contributed by atoms with Crippen molar-refractivity contribution in [3.8, 4) is 0 Å². The van der Waals surface area contributed by atoms with Crippen molar-refractivity contribution in [2.45, 2.75) is 52.7 Å². The standard InChI is InChI=1S/C21H30O6/c1-15(19(23)12-8-9-13-26-17(3)22)20(16(2)21(24)25-4)27-14-18-10-6-5-7-11-18/h5-7,10-11,15-16,20H,8-9,12-14H2,1-4H3/t15-,16-,20-/m1/s1. The third-order valence-corrected chi connectivity index (χ3v) is 4.47. The van der Waals surface area contributed by atoms with Crippen molar-refractivity contribution in [2.75, 3.05) is 13.7 Å². The third-order valence-electron chi connectivity index (χ3n) is 4.47. The SMILES string of the molecule is COC(=O)[C@H](C)[C@H](OCc1ccccc1)[C@H](C)C(=O)CCCCOC(C)=O. The van der Waals surface area contributed by atoms with Gasteiger partial charge in [-0.25, -0.2) is 0 Å². The lowest BCUT2D eigenvalue weighted by Crippen LogP contribution is -2.38. The maximum Gasteiger partial charge on any atom is 0.311 e. The number of methoxy groups -OCH3 is 1. The van der Waals surface area contributed by atoms with Gasteiger partial charge in [0.2, 0.25) is 0 Å². The first-order valence-electron chi connectivity index (χ1n) is 9.26. The molecule has 0 saturated heterocycles. The Bertz CT molecular complexity index is 598. The molecule has 0 radical (unpaired) electrons. The van der Waals surface area contributed by atoms with Crippen molar-refractivity contribution in [3.05, 3.63) is 35.9 Å². The van der Waals surface area contributed by atoms with Crippen LogP contribution in [0.3, 0.4) is 0 Å². The van der Waals surface area contributed by atoms with Gasteiger partial charge < -0.3 is 14.2 Å². The second-order valence-corrected chi connectivity index (χ2v) is 6.63. The van der Waals surface area contributed by atoms with Crippen LogP contribution < -0.4 is 0 Å². The van der Waals surface area contributed by atoms with Crippen molar-refractivity contribution < 1.29 is 28.6 Å². The normalized spacial score (nSPS) is 14.1.